The summed E-state index contributed by atoms with van der Waals surface area (Å²) in [5.41, 5.74) is 0.843. The molecular weight excluding hydrogens is 308 g/mol. The van der Waals surface area contributed by atoms with E-state index in [1.54, 1.807) is 6.20 Å². The number of halogens is 1. The van der Waals surface area contributed by atoms with Gasteiger partial charge in [-0.15, -0.1) is 0 Å². The zero-order chi connectivity index (χ0) is 13.8. The number of anilines is 1. The highest BCUT2D eigenvalue weighted by Crippen LogP contribution is 2.23. The van der Waals surface area contributed by atoms with Gasteiger partial charge in [-0.1, -0.05) is 13.3 Å². The van der Waals surface area contributed by atoms with Crippen molar-refractivity contribution in [1.29, 1.82) is 0 Å². The Bertz CT molecular complexity index is 482. The van der Waals surface area contributed by atoms with Gasteiger partial charge in [-0.25, -0.2) is 4.68 Å². The van der Waals surface area contributed by atoms with E-state index in [4.69, 9.17) is 0 Å². The molecule has 0 spiro atoms. The Morgan fingerprint density at radius 1 is 1.63 bits per heavy atom. The molecule has 1 unspecified atom stereocenters. The molecule has 106 valence electrons. The van der Waals surface area contributed by atoms with Crippen LogP contribution in [0.5, 0.6) is 0 Å². The first-order chi connectivity index (χ1) is 9.15. The summed E-state index contributed by atoms with van der Waals surface area (Å²) in [6, 6.07) is 0.434. The van der Waals surface area contributed by atoms with Gasteiger partial charge in [0.2, 0.25) is 0 Å². The topological polar surface area (TPSA) is 50.2 Å². The number of likely N-dealkylation sites (N-methyl/N-ethyl adjacent to an activating group) is 1. The fourth-order valence-corrected chi connectivity index (χ4v) is 2.92. The molecule has 1 aliphatic heterocycles. The van der Waals surface area contributed by atoms with Crippen molar-refractivity contribution in [3.8, 4) is 0 Å². The number of aryl methyl sites for hydroxylation is 1. The average Bonchev–Trinajstić information content (AvgIpc) is 2.94. The lowest BCUT2D eigenvalue weighted by molar-refractivity contribution is 0.538. The summed E-state index contributed by atoms with van der Waals surface area (Å²) in [6.45, 7) is 4.79. The van der Waals surface area contributed by atoms with Crippen molar-refractivity contribution >= 4 is 21.6 Å². The Hall–Kier alpha value is -0.880. The standard InChI is InChI=1S/C13H21BrN4O/c1-3-4-7-18-13(19)12(14)11(9-16-18)17(2)10-5-6-15-8-10/h9-10,15H,3-8H2,1-2H3. The third-order valence-electron chi connectivity index (χ3n) is 3.65. The molecular formula is C13H21BrN4O. The Morgan fingerprint density at radius 2 is 2.42 bits per heavy atom. The van der Waals surface area contributed by atoms with Crippen LogP contribution in [-0.4, -0.2) is 36.0 Å². The first-order valence-electron chi connectivity index (χ1n) is 6.84. The summed E-state index contributed by atoms with van der Waals surface area (Å²) >= 11 is 3.44. The molecule has 6 heteroatoms. The largest absolute Gasteiger partial charge is 0.368 e. The SMILES string of the molecule is CCCCn1ncc(N(C)C2CCNC2)c(Br)c1=O. The Balaban J connectivity index is 2.22. The number of hydrogen-bond donors (Lipinski definition) is 1. The molecule has 1 aromatic rings. The van der Waals surface area contributed by atoms with Crippen LogP contribution >= 0.6 is 15.9 Å². The highest BCUT2D eigenvalue weighted by molar-refractivity contribution is 9.10. The Morgan fingerprint density at radius 3 is 3.05 bits per heavy atom. The van der Waals surface area contributed by atoms with Gasteiger partial charge in [-0.3, -0.25) is 4.79 Å². The van der Waals surface area contributed by atoms with Gasteiger partial charge in [0.25, 0.3) is 5.56 Å². The molecule has 1 fully saturated rings. The molecule has 1 atom stereocenters. The first kappa shape index (κ1) is 14.5. The number of hydrogen-bond acceptors (Lipinski definition) is 4. The second kappa shape index (κ2) is 6.52. The smallest absolute Gasteiger partial charge is 0.283 e. The third kappa shape index (κ3) is 3.17. The van der Waals surface area contributed by atoms with Crippen LogP contribution in [0.1, 0.15) is 26.2 Å². The van der Waals surface area contributed by atoms with Gasteiger partial charge in [0.1, 0.15) is 4.47 Å². The molecule has 1 N–H and O–H groups in total. The maximum atomic E-state index is 12.2. The van der Waals surface area contributed by atoms with Crippen molar-refractivity contribution in [2.45, 2.75) is 38.8 Å². The summed E-state index contributed by atoms with van der Waals surface area (Å²) in [5, 5.41) is 7.62. The molecule has 1 aliphatic rings. The molecule has 0 bridgehead atoms. The van der Waals surface area contributed by atoms with Crippen LogP contribution in [0.4, 0.5) is 5.69 Å². The molecule has 1 saturated heterocycles. The molecule has 0 aliphatic carbocycles. The highest BCUT2D eigenvalue weighted by Gasteiger charge is 2.22. The molecule has 0 aromatic carbocycles. The predicted molar refractivity (Wildman–Crippen MR) is 80.8 cm³/mol. The number of aromatic nitrogens is 2. The van der Waals surface area contributed by atoms with Crippen LogP contribution in [0.2, 0.25) is 0 Å². The van der Waals surface area contributed by atoms with Crippen molar-refractivity contribution in [1.82, 2.24) is 15.1 Å². The molecule has 0 radical (unpaired) electrons. The maximum absolute atomic E-state index is 12.2. The van der Waals surface area contributed by atoms with E-state index < -0.39 is 0 Å². The number of nitrogens with zero attached hydrogens (tertiary/aromatic N) is 3. The maximum Gasteiger partial charge on any atom is 0.283 e. The van der Waals surface area contributed by atoms with E-state index in [9.17, 15) is 4.79 Å². The first-order valence-corrected chi connectivity index (χ1v) is 7.63. The lowest BCUT2D eigenvalue weighted by Crippen LogP contribution is -2.35. The fourth-order valence-electron chi connectivity index (χ4n) is 2.34. The highest BCUT2D eigenvalue weighted by atomic mass is 79.9. The van der Waals surface area contributed by atoms with Gasteiger partial charge in [0, 0.05) is 26.2 Å². The van der Waals surface area contributed by atoms with Gasteiger partial charge in [0.15, 0.2) is 0 Å². The molecule has 19 heavy (non-hydrogen) atoms. The van der Waals surface area contributed by atoms with Gasteiger partial charge in [-0.05, 0) is 35.3 Å². The van der Waals surface area contributed by atoms with Gasteiger partial charge in [0.05, 0.1) is 11.9 Å². The van der Waals surface area contributed by atoms with Gasteiger partial charge >= 0.3 is 0 Å². The minimum atomic E-state index is -0.0382. The van der Waals surface area contributed by atoms with Crippen LogP contribution in [0.25, 0.3) is 0 Å². The Labute approximate surface area is 122 Å². The van der Waals surface area contributed by atoms with Crippen molar-refractivity contribution in [2.75, 3.05) is 25.0 Å². The van der Waals surface area contributed by atoms with Crippen molar-refractivity contribution in [2.24, 2.45) is 0 Å². The van der Waals surface area contributed by atoms with E-state index >= 15 is 0 Å². The normalized spacial score (nSPS) is 18.8. The molecule has 1 aromatic heterocycles. The predicted octanol–water partition coefficient (Wildman–Crippen LogP) is 1.60. The average molecular weight is 329 g/mol. The summed E-state index contributed by atoms with van der Waals surface area (Å²) in [7, 11) is 2.02. The van der Waals surface area contributed by atoms with Crippen molar-refractivity contribution < 1.29 is 0 Å². The molecule has 2 rings (SSSR count). The quantitative estimate of drug-likeness (QED) is 0.892. The van der Waals surface area contributed by atoms with Crippen molar-refractivity contribution in [3.05, 3.63) is 21.0 Å². The summed E-state index contributed by atoms with van der Waals surface area (Å²) in [6.07, 6.45) is 4.92. The minimum Gasteiger partial charge on any atom is -0.368 e. The number of rotatable bonds is 5. The lowest BCUT2D eigenvalue weighted by Gasteiger charge is -2.26. The van der Waals surface area contributed by atoms with E-state index in [2.05, 4.69) is 38.2 Å². The second-order valence-corrected chi connectivity index (χ2v) is 5.78. The minimum absolute atomic E-state index is 0.0382. The molecule has 2 heterocycles. The summed E-state index contributed by atoms with van der Waals surface area (Å²) in [5.74, 6) is 0. The van der Waals surface area contributed by atoms with Gasteiger partial charge < -0.3 is 10.2 Å². The molecule has 5 nitrogen and oxygen atoms in total. The third-order valence-corrected chi connectivity index (χ3v) is 4.40. The number of unbranched alkanes of at least 4 members (excludes halogenated alkanes) is 1. The van der Waals surface area contributed by atoms with E-state index in [1.165, 1.54) is 4.68 Å². The van der Waals surface area contributed by atoms with E-state index in [0.717, 1.165) is 38.0 Å². The molecule has 0 amide bonds. The van der Waals surface area contributed by atoms with Crippen LogP contribution < -0.4 is 15.8 Å². The van der Waals surface area contributed by atoms with Crippen LogP contribution in [0.3, 0.4) is 0 Å². The second-order valence-electron chi connectivity index (χ2n) is 4.98. The zero-order valence-electron chi connectivity index (χ0n) is 11.5. The Kier molecular flexibility index (Phi) is 4.99. The monoisotopic (exact) mass is 328 g/mol. The van der Waals surface area contributed by atoms with E-state index in [1.807, 2.05) is 7.05 Å². The fraction of sp³-hybridized carbons (Fsp3) is 0.692. The van der Waals surface area contributed by atoms with Crippen LogP contribution in [-0.2, 0) is 6.54 Å². The van der Waals surface area contributed by atoms with Crippen LogP contribution in [0.15, 0.2) is 15.5 Å². The molecule has 0 saturated carbocycles. The lowest BCUT2D eigenvalue weighted by atomic mass is 10.2. The van der Waals surface area contributed by atoms with Crippen LogP contribution in [0, 0.1) is 0 Å². The van der Waals surface area contributed by atoms with E-state index in [-0.39, 0.29) is 5.56 Å². The number of nitrogens with one attached hydrogen (secondary N) is 1. The van der Waals surface area contributed by atoms with Gasteiger partial charge in [-0.2, -0.15) is 5.10 Å². The summed E-state index contributed by atoms with van der Waals surface area (Å²) in [4.78, 5) is 14.4. The summed E-state index contributed by atoms with van der Waals surface area (Å²) < 4.78 is 2.16. The zero-order valence-corrected chi connectivity index (χ0v) is 13.1. The van der Waals surface area contributed by atoms with E-state index in [0.29, 0.717) is 17.1 Å². The van der Waals surface area contributed by atoms with Crippen molar-refractivity contribution in [3.63, 3.8) is 0 Å².